The van der Waals surface area contributed by atoms with Gasteiger partial charge in [-0.1, -0.05) is 6.07 Å². The van der Waals surface area contributed by atoms with Gasteiger partial charge in [-0.05, 0) is 25.3 Å². The van der Waals surface area contributed by atoms with Crippen LogP contribution in [0.2, 0.25) is 0 Å². The molecule has 1 heterocycles. The van der Waals surface area contributed by atoms with Crippen molar-refractivity contribution < 1.29 is 4.74 Å². The first-order valence-electron chi connectivity index (χ1n) is 6.17. The number of pyridine rings is 1. The van der Waals surface area contributed by atoms with E-state index in [1.807, 2.05) is 12.3 Å². The zero-order valence-corrected chi connectivity index (χ0v) is 10.3. The largest absolute Gasteiger partial charge is 0.377 e. The number of nitrogens with zero attached hydrogens (tertiary/aromatic N) is 1. The molecule has 0 unspecified atom stereocenters. The molecule has 1 saturated carbocycles. The minimum atomic E-state index is 0.0550. The highest BCUT2D eigenvalue weighted by molar-refractivity contribution is 4.94. The van der Waals surface area contributed by atoms with Gasteiger partial charge in [0.2, 0.25) is 0 Å². The molecular weight excluding hydrogens is 216 g/mol. The fourth-order valence-electron chi connectivity index (χ4n) is 2.19. The smallest absolute Gasteiger partial charge is 0.250 e. The van der Waals surface area contributed by atoms with Crippen molar-refractivity contribution >= 4 is 0 Å². The highest BCUT2D eigenvalue weighted by atomic mass is 16.5. The highest BCUT2D eigenvalue weighted by Crippen LogP contribution is 2.34. The molecule has 0 saturated heterocycles. The molecule has 4 heteroatoms. The van der Waals surface area contributed by atoms with Crippen LogP contribution < -0.4 is 10.9 Å². The molecule has 1 aliphatic rings. The normalized spacial score (nSPS) is 17.7. The molecule has 2 rings (SSSR count). The second-order valence-electron chi connectivity index (χ2n) is 4.65. The van der Waals surface area contributed by atoms with Crippen molar-refractivity contribution in [2.45, 2.75) is 31.4 Å². The maximum atomic E-state index is 11.4. The Balaban J connectivity index is 1.73. The molecule has 0 bridgehead atoms. The topological polar surface area (TPSA) is 43.3 Å². The monoisotopic (exact) mass is 236 g/mol. The van der Waals surface area contributed by atoms with Crippen LogP contribution in [0.15, 0.2) is 29.2 Å². The molecule has 1 aromatic rings. The lowest BCUT2D eigenvalue weighted by Gasteiger charge is -2.40. The Labute approximate surface area is 102 Å². The fraction of sp³-hybridized carbons (Fsp3) is 0.615. The van der Waals surface area contributed by atoms with Gasteiger partial charge in [0.05, 0.1) is 5.60 Å². The van der Waals surface area contributed by atoms with Crippen LogP contribution in [0.5, 0.6) is 0 Å². The van der Waals surface area contributed by atoms with Crippen molar-refractivity contribution in [3.05, 3.63) is 34.7 Å². The van der Waals surface area contributed by atoms with Crippen molar-refractivity contribution in [1.82, 2.24) is 9.88 Å². The Morgan fingerprint density at radius 3 is 2.88 bits per heavy atom. The van der Waals surface area contributed by atoms with E-state index >= 15 is 0 Å². The molecule has 0 spiro atoms. The summed E-state index contributed by atoms with van der Waals surface area (Å²) >= 11 is 0. The first-order valence-corrected chi connectivity index (χ1v) is 6.17. The molecule has 17 heavy (non-hydrogen) atoms. The van der Waals surface area contributed by atoms with Gasteiger partial charge in [-0.25, -0.2) is 0 Å². The third-order valence-electron chi connectivity index (χ3n) is 3.57. The molecule has 0 atom stereocenters. The molecule has 1 aromatic heterocycles. The molecule has 4 nitrogen and oxygen atoms in total. The Hall–Kier alpha value is -1.13. The number of hydrogen-bond donors (Lipinski definition) is 1. The van der Waals surface area contributed by atoms with Crippen LogP contribution in [0.25, 0.3) is 0 Å². The van der Waals surface area contributed by atoms with Crippen molar-refractivity contribution in [3.8, 4) is 0 Å². The number of nitrogens with one attached hydrogen (secondary N) is 1. The van der Waals surface area contributed by atoms with Crippen LogP contribution in [-0.2, 0) is 11.3 Å². The zero-order valence-electron chi connectivity index (χ0n) is 10.3. The molecular formula is C13H20N2O2. The van der Waals surface area contributed by atoms with E-state index in [2.05, 4.69) is 5.32 Å². The van der Waals surface area contributed by atoms with E-state index in [9.17, 15) is 4.79 Å². The summed E-state index contributed by atoms with van der Waals surface area (Å²) in [5.41, 5.74) is 0.112. The number of ether oxygens (including phenoxy) is 1. The predicted octanol–water partition coefficient (Wildman–Crippen LogP) is 1.01. The summed E-state index contributed by atoms with van der Waals surface area (Å²) in [5.74, 6) is 0. The van der Waals surface area contributed by atoms with Crippen LogP contribution in [-0.4, -0.2) is 30.4 Å². The minimum absolute atomic E-state index is 0.0550. The standard InChI is InChI=1S/C13H20N2O2/c1-17-13(6-4-7-13)11-14-8-10-15-9-3-2-5-12(15)16/h2-3,5,9,14H,4,6-8,10-11H2,1H3. The van der Waals surface area contributed by atoms with Crippen LogP contribution in [0, 0.1) is 0 Å². The summed E-state index contributed by atoms with van der Waals surface area (Å²) in [7, 11) is 1.78. The average Bonchev–Trinajstić information content (AvgIpc) is 2.29. The van der Waals surface area contributed by atoms with Gasteiger partial charge in [-0.2, -0.15) is 0 Å². The van der Waals surface area contributed by atoms with E-state index in [1.54, 1.807) is 23.8 Å². The van der Waals surface area contributed by atoms with Gasteiger partial charge in [0.25, 0.3) is 5.56 Å². The molecule has 0 aliphatic heterocycles. The van der Waals surface area contributed by atoms with Gasteiger partial charge in [0, 0.05) is 39.0 Å². The van der Waals surface area contributed by atoms with Crippen molar-refractivity contribution in [2.75, 3.05) is 20.2 Å². The van der Waals surface area contributed by atoms with Crippen LogP contribution in [0.3, 0.4) is 0 Å². The van der Waals surface area contributed by atoms with Gasteiger partial charge < -0.3 is 14.6 Å². The number of hydrogen-bond acceptors (Lipinski definition) is 3. The van der Waals surface area contributed by atoms with Crippen molar-refractivity contribution in [1.29, 1.82) is 0 Å². The van der Waals surface area contributed by atoms with Crippen LogP contribution in [0.4, 0.5) is 0 Å². The molecule has 1 aliphatic carbocycles. The van der Waals surface area contributed by atoms with Crippen molar-refractivity contribution in [3.63, 3.8) is 0 Å². The Morgan fingerprint density at radius 2 is 2.29 bits per heavy atom. The first-order chi connectivity index (χ1) is 8.26. The summed E-state index contributed by atoms with van der Waals surface area (Å²) in [5, 5.41) is 3.37. The second-order valence-corrected chi connectivity index (χ2v) is 4.65. The van der Waals surface area contributed by atoms with Gasteiger partial charge >= 0.3 is 0 Å². The Morgan fingerprint density at radius 1 is 1.47 bits per heavy atom. The third-order valence-corrected chi connectivity index (χ3v) is 3.57. The fourth-order valence-corrected chi connectivity index (χ4v) is 2.19. The van der Waals surface area contributed by atoms with Gasteiger partial charge in [-0.15, -0.1) is 0 Å². The lowest BCUT2D eigenvalue weighted by atomic mass is 9.80. The number of rotatable bonds is 6. The van der Waals surface area contributed by atoms with E-state index in [1.165, 1.54) is 6.42 Å². The summed E-state index contributed by atoms with van der Waals surface area (Å²) in [6.07, 6.45) is 5.36. The van der Waals surface area contributed by atoms with E-state index in [-0.39, 0.29) is 11.2 Å². The number of methoxy groups -OCH3 is 1. The summed E-state index contributed by atoms with van der Waals surface area (Å²) < 4.78 is 7.23. The van der Waals surface area contributed by atoms with Crippen LogP contribution in [0.1, 0.15) is 19.3 Å². The Bertz CT molecular complexity index is 404. The summed E-state index contributed by atoms with van der Waals surface area (Å²) in [4.78, 5) is 11.4. The lowest BCUT2D eigenvalue weighted by Crippen LogP contribution is -2.48. The third kappa shape index (κ3) is 2.96. The van der Waals surface area contributed by atoms with Crippen LogP contribution >= 0.6 is 0 Å². The minimum Gasteiger partial charge on any atom is -0.377 e. The molecule has 0 amide bonds. The molecule has 94 valence electrons. The molecule has 1 fully saturated rings. The summed E-state index contributed by atoms with van der Waals surface area (Å²) in [6, 6.07) is 5.23. The maximum absolute atomic E-state index is 11.4. The van der Waals surface area contributed by atoms with Crippen molar-refractivity contribution in [2.24, 2.45) is 0 Å². The first kappa shape index (κ1) is 12.3. The van der Waals surface area contributed by atoms with E-state index in [0.717, 1.165) is 25.9 Å². The second kappa shape index (κ2) is 5.47. The lowest BCUT2D eigenvalue weighted by molar-refractivity contribution is -0.0693. The van der Waals surface area contributed by atoms with Gasteiger partial charge in [-0.3, -0.25) is 4.79 Å². The highest BCUT2D eigenvalue weighted by Gasteiger charge is 2.36. The zero-order chi connectivity index (χ0) is 12.1. The van der Waals surface area contributed by atoms with E-state index in [4.69, 9.17) is 4.74 Å². The predicted molar refractivity (Wildman–Crippen MR) is 67.2 cm³/mol. The quantitative estimate of drug-likeness (QED) is 0.750. The number of aromatic nitrogens is 1. The molecule has 0 radical (unpaired) electrons. The van der Waals surface area contributed by atoms with E-state index < -0.39 is 0 Å². The Kier molecular flexibility index (Phi) is 3.97. The van der Waals surface area contributed by atoms with E-state index in [0.29, 0.717) is 6.54 Å². The molecule has 0 aromatic carbocycles. The van der Waals surface area contributed by atoms with Gasteiger partial charge in [0.1, 0.15) is 0 Å². The maximum Gasteiger partial charge on any atom is 0.250 e. The average molecular weight is 236 g/mol. The van der Waals surface area contributed by atoms with Gasteiger partial charge in [0.15, 0.2) is 0 Å². The summed E-state index contributed by atoms with van der Waals surface area (Å²) in [6.45, 7) is 2.39. The SMILES string of the molecule is COC1(CNCCn2ccccc2=O)CCC1. The molecule has 1 N–H and O–H groups in total.